The van der Waals surface area contributed by atoms with Gasteiger partial charge < -0.3 is 0 Å². The molecule has 0 saturated heterocycles. The summed E-state index contributed by atoms with van der Waals surface area (Å²) in [5.41, 5.74) is 12.9. The monoisotopic (exact) mass is 422 g/mol. The predicted octanol–water partition coefficient (Wildman–Crippen LogP) is 8.33. The van der Waals surface area contributed by atoms with E-state index in [1.165, 1.54) is 55.6 Å². The van der Waals surface area contributed by atoms with Gasteiger partial charge in [-0.05, 0) is 69.5 Å². The fraction of sp³-hybridized carbons (Fsp3) is 0.0909. The second kappa shape index (κ2) is 7.60. The molecular weight excluding hydrogens is 396 g/mol. The standard InChI is InChI=1S/C33H26/c1-23-20-21-25(22-24(23)2)28-17-11-18-30-29-16-9-10-19-31(29)33(32(28)30,26-12-5-3-6-13-26)27-14-7-4-8-15-27/h3-22H,1-2H3. The molecule has 0 spiro atoms. The van der Waals surface area contributed by atoms with Crippen molar-refractivity contribution in [3.8, 4) is 22.3 Å². The normalized spacial score (nSPS) is 13.4. The highest BCUT2D eigenvalue weighted by atomic mass is 14.5. The lowest BCUT2D eigenvalue weighted by Crippen LogP contribution is -2.29. The average molecular weight is 423 g/mol. The lowest BCUT2D eigenvalue weighted by Gasteiger charge is -2.35. The largest absolute Gasteiger partial charge is 0.0719 e. The summed E-state index contributed by atoms with van der Waals surface area (Å²) in [6.45, 7) is 4.39. The predicted molar refractivity (Wildman–Crippen MR) is 139 cm³/mol. The first-order valence-corrected chi connectivity index (χ1v) is 11.6. The lowest BCUT2D eigenvalue weighted by atomic mass is 9.66. The minimum Gasteiger partial charge on any atom is -0.0622 e. The number of rotatable bonds is 3. The number of benzene rings is 5. The van der Waals surface area contributed by atoms with Gasteiger partial charge in [-0.1, -0.05) is 121 Å². The highest BCUT2D eigenvalue weighted by molar-refractivity contribution is 5.92. The molecule has 0 N–H and O–H groups in total. The van der Waals surface area contributed by atoms with Crippen molar-refractivity contribution >= 4 is 0 Å². The van der Waals surface area contributed by atoms with Crippen molar-refractivity contribution < 1.29 is 0 Å². The van der Waals surface area contributed by atoms with Crippen molar-refractivity contribution in [3.63, 3.8) is 0 Å². The number of hydrogen-bond acceptors (Lipinski definition) is 0. The van der Waals surface area contributed by atoms with Gasteiger partial charge in [-0.2, -0.15) is 0 Å². The fourth-order valence-corrected chi connectivity index (χ4v) is 5.65. The molecule has 0 aliphatic heterocycles. The summed E-state index contributed by atoms with van der Waals surface area (Å²) in [6.07, 6.45) is 0. The van der Waals surface area contributed by atoms with E-state index in [-0.39, 0.29) is 5.41 Å². The first-order chi connectivity index (χ1) is 16.2. The summed E-state index contributed by atoms with van der Waals surface area (Å²) in [5.74, 6) is 0. The van der Waals surface area contributed by atoms with Gasteiger partial charge in [-0.25, -0.2) is 0 Å². The van der Waals surface area contributed by atoms with E-state index >= 15 is 0 Å². The molecule has 0 fully saturated rings. The van der Waals surface area contributed by atoms with Crippen LogP contribution < -0.4 is 0 Å². The molecule has 0 atom stereocenters. The van der Waals surface area contributed by atoms with Crippen LogP contribution in [0.1, 0.15) is 33.4 Å². The first kappa shape index (κ1) is 19.8. The molecule has 0 radical (unpaired) electrons. The van der Waals surface area contributed by atoms with Gasteiger partial charge in [-0.15, -0.1) is 0 Å². The zero-order chi connectivity index (χ0) is 22.4. The number of aryl methyl sites for hydroxylation is 2. The van der Waals surface area contributed by atoms with Crippen LogP contribution in [0.4, 0.5) is 0 Å². The van der Waals surface area contributed by atoms with Crippen molar-refractivity contribution in [2.24, 2.45) is 0 Å². The number of hydrogen-bond donors (Lipinski definition) is 0. The van der Waals surface area contributed by atoms with Crippen LogP contribution in [0.3, 0.4) is 0 Å². The zero-order valence-electron chi connectivity index (χ0n) is 19.0. The molecule has 0 unspecified atom stereocenters. The van der Waals surface area contributed by atoms with Gasteiger partial charge >= 0.3 is 0 Å². The molecule has 5 aromatic rings. The maximum Gasteiger partial charge on any atom is 0.0719 e. The second-order valence-electron chi connectivity index (χ2n) is 9.05. The minimum absolute atomic E-state index is 0.371. The highest BCUT2D eigenvalue weighted by Crippen LogP contribution is 2.58. The van der Waals surface area contributed by atoms with E-state index in [4.69, 9.17) is 0 Å². The Kier molecular flexibility index (Phi) is 4.55. The van der Waals surface area contributed by atoms with E-state index in [1.807, 2.05) is 0 Å². The van der Waals surface area contributed by atoms with Crippen LogP contribution in [0.5, 0.6) is 0 Å². The second-order valence-corrected chi connectivity index (χ2v) is 9.05. The summed E-state index contributed by atoms with van der Waals surface area (Å²) in [4.78, 5) is 0. The average Bonchev–Trinajstić information content (AvgIpc) is 3.18. The van der Waals surface area contributed by atoms with Crippen LogP contribution >= 0.6 is 0 Å². The Balaban J connectivity index is 1.80. The van der Waals surface area contributed by atoms with E-state index in [1.54, 1.807) is 0 Å². The van der Waals surface area contributed by atoms with Crippen molar-refractivity contribution in [2.45, 2.75) is 19.3 Å². The highest BCUT2D eigenvalue weighted by Gasteiger charge is 2.47. The van der Waals surface area contributed by atoms with Gasteiger partial charge in [0.15, 0.2) is 0 Å². The van der Waals surface area contributed by atoms with Crippen LogP contribution in [-0.2, 0) is 5.41 Å². The van der Waals surface area contributed by atoms with Gasteiger partial charge in [-0.3, -0.25) is 0 Å². The van der Waals surface area contributed by atoms with Crippen LogP contribution in [0.25, 0.3) is 22.3 Å². The van der Waals surface area contributed by atoms with E-state index in [9.17, 15) is 0 Å². The van der Waals surface area contributed by atoms with E-state index in [0.29, 0.717) is 0 Å². The van der Waals surface area contributed by atoms with Crippen molar-refractivity contribution in [2.75, 3.05) is 0 Å². The molecule has 0 heterocycles. The minimum atomic E-state index is -0.371. The Bertz CT molecular complexity index is 1420. The molecule has 1 aliphatic carbocycles. The van der Waals surface area contributed by atoms with Crippen LogP contribution in [-0.4, -0.2) is 0 Å². The van der Waals surface area contributed by atoms with Gasteiger partial charge in [0.1, 0.15) is 0 Å². The molecular formula is C33H26. The summed E-state index contributed by atoms with van der Waals surface area (Å²) >= 11 is 0. The van der Waals surface area contributed by atoms with Crippen molar-refractivity contribution in [3.05, 3.63) is 155 Å². The van der Waals surface area contributed by atoms with Crippen LogP contribution in [0, 0.1) is 13.8 Å². The summed E-state index contributed by atoms with van der Waals surface area (Å²) in [7, 11) is 0. The SMILES string of the molecule is Cc1ccc(-c2cccc3c2C(c2ccccc2)(c2ccccc2)c2ccccc2-3)cc1C. The quantitative estimate of drug-likeness (QED) is 0.269. The van der Waals surface area contributed by atoms with Gasteiger partial charge in [0.2, 0.25) is 0 Å². The summed E-state index contributed by atoms with van der Waals surface area (Å²) < 4.78 is 0. The third kappa shape index (κ3) is 2.84. The Morgan fingerprint density at radius 1 is 0.455 bits per heavy atom. The Hall–Kier alpha value is -3.90. The molecule has 6 rings (SSSR count). The van der Waals surface area contributed by atoms with Gasteiger partial charge in [0.25, 0.3) is 0 Å². The third-order valence-electron chi connectivity index (χ3n) is 7.29. The Labute approximate surface area is 196 Å². The smallest absolute Gasteiger partial charge is 0.0622 e. The molecule has 33 heavy (non-hydrogen) atoms. The van der Waals surface area contributed by atoms with Gasteiger partial charge in [0.05, 0.1) is 5.41 Å². The molecule has 0 nitrogen and oxygen atoms in total. The topological polar surface area (TPSA) is 0 Å². The molecule has 0 saturated carbocycles. The summed E-state index contributed by atoms with van der Waals surface area (Å²) in [6, 6.07) is 44.7. The van der Waals surface area contributed by atoms with E-state index in [2.05, 4.69) is 135 Å². The number of fused-ring (bicyclic) bond motifs is 3. The Morgan fingerprint density at radius 2 is 1.03 bits per heavy atom. The molecule has 0 bridgehead atoms. The molecule has 0 aromatic heterocycles. The first-order valence-electron chi connectivity index (χ1n) is 11.6. The van der Waals surface area contributed by atoms with Crippen LogP contribution in [0.2, 0.25) is 0 Å². The van der Waals surface area contributed by atoms with Crippen LogP contribution in [0.15, 0.2) is 121 Å². The molecule has 5 aromatic carbocycles. The maximum atomic E-state index is 2.34. The van der Waals surface area contributed by atoms with E-state index in [0.717, 1.165) is 0 Å². The summed E-state index contributed by atoms with van der Waals surface area (Å²) in [5, 5.41) is 0. The maximum absolute atomic E-state index is 2.34. The molecule has 0 amide bonds. The molecule has 1 aliphatic rings. The van der Waals surface area contributed by atoms with E-state index < -0.39 is 0 Å². The van der Waals surface area contributed by atoms with Gasteiger partial charge in [0, 0.05) is 0 Å². The third-order valence-corrected chi connectivity index (χ3v) is 7.29. The zero-order valence-corrected chi connectivity index (χ0v) is 19.0. The van der Waals surface area contributed by atoms with Crippen molar-refractivity contribution in [1.82, 2.24) is 0 Å². The molecule has 0 heteroatoms. The lowest BCUT2D eigenvalue weighted by molar-refractivity contribution is 0.770. The fourth-order valence-electron chi connectivity index (χ4n) is 5.65. The molecule has 158 valence electrons. The van der Waals surface area contributed by atoms with Crippen molar-refractivity contribution in [1.29, 1.82) is 0 Å². The Morgan fingerprint density at radius 3 is 1.70 bits per heavy atom.